The van der Waals surface area contributed by atoms with Gasteiger partial charge in [-0.1, -0.05) is 59.8 Å². The molecule has 9 heteroatoms. The van der Waals surface area contributed by atoms with E-state index in [0.717, 1.165) is 43.2 Å². The van der Waals surface area contributed by atoms with Crippen molar-refractivity contribution in [2.24, 2.45) is 5.92 Å². The van der Waals surface area contributed by atoms with Crippen molar-refractivity contribution in [2.45, 2.75) is 64.1 Å². The average molecular weight is 554 g/mol. The number of nitrogens with zero attached hydrogens (tertiary/aromatic N) is 1. The molecule has 2 aromatic rings. The molecule has 0 aromatic heterocycles. The maximum absolute atomic E-state index is 13.1. The topological polar surface area (TPSA) is 67.9 Å². The highest BCUT2D eigenvalue weighted by Gasteiger charge is 2.40. The summed E-state index contributed by atoms with van der Waals surface area (Å²) in [6.45, 7) is 3.11. The van der Waals surface area contributed by atoms with Gasteiger partial charge >= 0.3 is 12.0 Å². The molecule has 1 saturated carbocycles. The molecule has 1 aliphatic carbocycles. The van der Waals surface area contributed by atoms with E-state index in [0.29, 0.717) is 40.5 Å². The molecule has 5 rings (SSSR count). The number of halogens is 3. The van der Waals surface area contributed by atoms with E-state index in [-0.39, 0.29) is 36.5 Å². The molecule has 0 radical (unpaired) electrons. The first-order chi connectivity index (χ1) is 17.3. The first-order valence-corrected chi connectivity index (χ1v) is 13.6. The Balaban J connectivity index is 1.39. The van der Waals surface area contributed by atoms with Crippen LogP contribution >= 0.6 is 34.8 Å². The number of hydrogen-bond donors (Lipinski definition) is 1. The molecule has 6 nitrogen and oxygen atoms in total. The molecule has 2 heterocycles. The van der Waals surface area contributed by atoms with Gasteiger partial charge in [-0.25, -0.2) is 4.79 Å². The van der Waals surface area contributed by atoms with Crippen LogP contribution in [0.25, 0.3) is 0 Å². The van der Waals surface area contributed by atoms with Gasteiger partial charge in [0.05, 0.1) is 18.1 Å². The maximum atomic E-state index is 13.1. The zero-order chi connectivity index (χ0) is 25.7. The van der Waals surface area contributed by atoms with Crippen LogP contribution in [-0.2, 0) is 22.5 Å². The average Bonchev–Trinajstić information content (AvgIpc) is 2.81. The molecule has 1 unspecified atom stereocenters. The van der Waals surface area contributed by atoms with E-state index < -0.39 is 0 Å². The molecule has 2 bridgehead atoms. The third kappa shape index (κ3) is 6.78. The Hall–Kier alpha value is -2.15. The van der Waals surface area contributed by atoms with Crippen LogP contribution in [0.1, 0.15) is 50.2 Å². The fourth-order valence-electron chi connectivity index (χ4n) is 5.07. The number of carbonyl (C=O) groups excluding carboxylic acids is 2. The molecular weight excluding hydrogens is 523 g/mol. The lowest BCUT2D eigenvalue weighted by Crippen LogP contribution is -2.56. The van der Waals surface area contributed by atoms with Crippen LogP contribution in [0, 0.1) is 5.92 Å². The standard InChI is InChI=1S/C27H31Cl3N2O4/c1-2-35-26(33)12-17-7-10-24(23(30)11-17)36-25-14-21-6-4-3-5-19(25)16-32(21)27(34)31-15-18-8-9-20(28)13-22(18)29/h7-11,13,19,21,25H,2-6,12,14-16H2,1H3,(H,31,34)/t19?,21-,25+/m1/s1. The smallest absolute Gasteiger partial charge is 0.317 e. The van der Waals surface area contributed by atoms with Gasteiger partial charge in [0.25, 0.3) is 0 Å². The van der Waals surface area contributed by atoms with Crippen LogP contribution in [0.15, 0.2) is 36.4 Å². The molecule has 2 aliphatic heterocycles. The number of urea groups is 1. The van der Waals surface area contributed by atoms with Crippen LogP contribution in [0.3, 0.4) is 0 Å². The molecule has 3 atom stereocenters. The van der Waals surface area contributed by atoms with Gasteiger partial charge < -0.3 is 19.7 Å². The maximum Gasteiger partial charge on any atom is 0.317 e. The van der Waals surface area contributed by atoms with E-state index in [1.807, 2.05) is 23.1 Å². The van der Waals surface area contributed by atoms with Crippen molar-refractivity contribution in [3.63, 3.8) is 0 Å². The van der Waals surface area contributed by atoms with Crippen molar-refractivity contribution in [3.05, 3.63) is 62.6 Å². The SMILES string of the molecule is CCOC(=O)Cc1ccc(O[C@H]2C[C@H]3CCCCC2CN3C(=O)NCc2ccc(Cl)cc2Cl)c(Cl)c1. The van der Waals surface area contributed by atoms with E-state index in [9.17, 15) is 9.59 Å². The molecule has 3 aliphatic rings. The summed E-state index contributed by atoms with van der Waals surface area (Å²) in [4.78, 5) is 26.9. The summed E-state index contributed by atoms with van der Waals surface area (Å²) in [5, 5.41) is 4.61. The molecule has 194 valence electrons. The number of nitrogens with one attached hydrogen (secondary N) is 1. The van der Waals surface area contributed by atoms with Crippen LogP contribution < -0.4 is 10.1 Å². The largest absolute Gasteiger partial charge is 0.488 e. The molecule has 36 heavy (non-hydrogen) atoms. The minimum atomic E-state index is -0.281. The van der Waals surface area contributed by atoms with Gasteiger partial charge in [0.2, 0.25) is 0 Å². The molecule has 1 N–H and O–H groups in total. The summed E-state index contributed by atoms with van der Waals surface area (Å²) < 4.78 is 11.4. The minimum absolute atomic E-state index is 0.0292. The molecule has 2 saturated heterocycles. The minimum Gasteiger partial charge on any atom is -0.488 e. The summed E-state index contributed by atoms with van der Waals surface area (Å²) in [7, 11) is 0. The van der Waals surface area contributed by atoms with E-state index in [1.165, 1.54) is 0 Å². The van der Waals surface area contributed by atoms with Gasteiger partial charge in [-0.15, -0.1) is 0 Å². The Morgan fingerprint density at radius 2 is 1.86 bits per heavy atom. The normalized spacial score (nSPS) is 21.4. The third-order valence-corrected chi connectivity index (χ3v) is 7.78. The number of amides is 2. The number of ether oxygens (including phenoxy) is 2. The second kappa shape index (κ2) is 12.4. The number of carbonyl (C=O) groups is 2. The lowest BCUT2D eigenvalue weighted by atomic mass is 9.81. The van der Waals surface area contributed by atoms with Crippen molar-refractivity contribution < 1.29 is 19.1 Å². The molecule has 2 aromatic carbocycles. The Morgan fingerprint density at radius 3 is 2.61 bits per heavy atom. The molecule has 2 amide bonds. The van der Waals surface area contributed by atoms with Crippen molar-refractivity contribution in [2.75, 3.05) is 13.2 Å². The van der Waals surface area contributed by atoms with Gasteiger partial charge in [-0.2, -0.15) is 0 Å². The van der Waals surface area contributed by atoms with Gasteiger partial charge in [-0.05, 0) is 55.2 Å². The number of esters is 1. The first-order valence-electron chi connectivity index (χ1n) is 12.4. The second-order valence-electron chi connectivity index (χ2n) is 9.38. The molecule has 3 fully saturated rings. The van der Waals surface area contributed by atoms with E-state index in [4.69, 9.17) is 44.3 Å². The van der Waals surface area contributed by atoms with Gasteiger partial charge in [0.1, 0.15) is 11.9 Å². The predicted octanol–water partition coefficient (Wildman–Crippen LogP) is 6.67. The monoisotopic (exact) mass is 552 g/mol. The highest BCUT2D eigenvalue weighted by molar-refractivity contribution is 6.35. The zero-order valence-corrected chi connectivity index (χ0v) is 22.5. The van der Waals surface area contributed by atoms with Gasteiger partial charge in [0.15, 0.2) is 0 Å². The fourth-order valence-corrected chi connectivity index (χ4v) is 5.79. The van der Waals surface area contributed by atoms with Crippen molar-refractivity contribution in [1.29, 1.82) is 0 Å². The van der Waals surface area contributed by atoms with Crippen molar-refractivity contribution >= 4 is 46.8 Å². The van der Waals surface area contributed by atoms with Gasteiger partial charge in [0, 0.05) is 41.5 Å². The summed E-state index contributed by atoms with van der Waals surface area (Å²) in [5.41, 5.74) is 1.61. The van der Waals surface area contributed by atoms with E-state index >= 15 is 0 Å². The molecule has 0 spiro atoms. The second-order valence-corrected chi connectivity index (χ2v) is 10.6. The van der Waals surface area contributed by atoms with Crippen molar-refractivity contribution in [3.8, 4) is 5.75 Å². The summed E-state index contributed by atoms with van der Waals surface area (Å²) in [6.07, 6.45) is 5.02. The lowest BCUT2D eigenvalue weighted by molar-refractivity contribution is -0.142. The number of fused-ring (bicyclic) bond motifs is 5. The van der Waals surface area contributed by atoms with Crippen LogP contribution in [0.4, 0.5) is 4.79 Å². The quantitative estimate of drug-likeness (QED) is 0.389. The number of benzene rings is 2. The Bertz CT molecular complexity index is 1100. The Kier molecular flexibility index (Phi) is 9.26. The lowest BCUT2D eigenvalue weighted by Gasteiger charge is -2.45. The van der Waals surface area contributed by atoms with Gasteiger partial charge in [-0.3, -0.25) is 4.79 Å². The van der Waals surface area contributed by atoms with Crippen molar-refractivity contribution in [1.82, 2.24) is 10.2 Å². The summed E-state index contributed by atoms with van der Waals surface area (Å²) >= 11 is 18.8. The number of hydrogen-bond acceptors (Lipinski definition) is 4. The molecular formula is C27H31Cl3N2O4. The highest BCUT2D eigenvalue weighted by Crippen LogP contribution is 2.37. The van der Waals surface area contributed by atoms with Crippen LogP contribution in [0.2, 0.25) is 15.1 Å². The summed E-state index contributed by atoms with van der Waals surface area (Å²) in [5.74, 6) is 0.534. The fraction of sp³-hybridized carbons (Fsp3) is 0.481. The Morgan fingerprint density at radius 1 is 1.06 bits per heavy atom. The first kappa shape index (κ1) is 26.9. The predicted molar refractivity (Wildman–Crippen MR) is 142 cm³/mol. The number of rotatable bonds is 7. The highest BCUT2D eigenvalue weighted by atomic mass is 35.5. The third-order valence-electron chi connectivity index (χ3n) is 6.90. The van der Waals surface area contributed by atoms with E-state index in [1.54, 1.807) is 25.1 Å². The van der Waals surface area contributed by atoms with E-state index in [2.05, 4.69) is 5.32 Å². The number of piperidine rings is 1. The zero-order valence-electron chi connectivity index (χ0n) is 20.3. The summed E-state index contributed by atoms with van der Waals surface area (Å²) in [6, 6.07) is 10.7. The Labute approximate surface area is 227 Å². The van der Waals surface area contributed by atoms with Crippen LogP contribution in [-0.4, -0.2) is 42.2 Å². The van der Waals surface area contributed by atoms with Crippen LogP contribution in [0.5, 0.6) is 5.75 Å².